The number of nitrogens with zero attached hydrogens (tertiary/aromatic N) is 3. The van der Waals surface area contributed by atoms with Crippen molar-refractivity contribution in [3.8, 4) is 0 Å². The molecule has 0 aliphatic carbocycles. The van der Waals surface area contributed by atoms with Crippen LogP contribution in [0.1, 0.15) is 24.6 Å². The second-order valence-corrected chi connectivity index (χ2v) is 5.04. The molecule has 1 aromatic rings. The molecule has 2 atom stereocenters. The summed E-state index contributed by atoms with van der Waals surface area (Å²) in [6.07, 6.45) is 3.09. The van der Waals surface area contributed by atoms with E-state index in [1.54, 1.807) is 0 Å². The molecular formula is C12H23ClN4. The number of aromatic nitrogens is 2. The topological polar surface area (TPSA) is 47.1 Å². The predicted octanol–water partition coefficient (Wildman–Crippen LogP) is 1.32. The van der Waals surface area contributed by atoms with Gasteiger partial charge in [0.05, 0.1) is 6.20 Å². The monoisotopic (exact) mass is 258 g/mol. The Hall–Kier alpha value is -0.580. The van der Waals surface area contributed by atoms with Gasteiger partial charge in [-0.15, -0.1) is 12.4 Å². The van der Waals surface area contributed by atoms with Crippen LogP contribution in [0.4, 0.5) is 0 Å². The van der Waals surface area contributed by atoms with Gasteiger partial charge in [-0.3, -0.25) is 9.58 Å². The molecule has 0 bridgehead atoms. The van der Waals surface area contributed by atoms with Crippen LogP contribution in [-0.4, -0.2) is 33.8 Å². The largest absolute Gasteiger partial charge is 0.327 e. The zero-order valence-corrected chi connectivity index (χ0v) is 11.7. The van der Waals surface area contributed by atoms with Crippen molar-refractivity contribution in [3.63, 3.8) is 0 Å². The summed E-state index contributed by atoms with van der Waals surface area (Å²) in [7, 11) is 1.99. The molecule has 4 nitrogen and oxygen atoms in total. The van der Waals surface area contributed by atoms with Crippen LogP contribution in [0, 0.1) is 12.8 Å². The number of rotatable bonds is 2. The third-order valence-corrected chi connectivity index (χ3v) is 3.79. The number of piperidine rings is 1. The maximum Gasteiger partial charge on any atom is 0.0537 e. The van der Waals surface area contributed by atoms with Crippen LogP contribution in [0.2, 0.25) is 0 Å². The van der Waals surface area contributed by atoms with Crippen LogP contribution in [0.3, 0.4) is 0 Å². The third kappa shape index (κ3) is 3.21. The zero-order valence-electron chi connectivity index (χ0n) is 10.9. The Bertz CT molecular complexity index is 363. The fourth-order valence-corrected chi connectivity index (χ4v) is 2.33. The van der Waals surface area contributed by atoms with E-state index in [0.29, 0.717) is 12.0 Å². The molecule has 1 aliphatic heterocycles. The van der Waals surface area contributed by atoms with Crippen molar-refractivity contribution in [1.29, 1.82) is 0 Å². The Labute approximate surface area is 110 Å². The summed E-state index contributed by atoms with van der Waals surface area (Å²) in [4.78, 5) is 2.48. The highest BCUT2D eigenvalue weighted by atomic mass is 35.5. The predicted molar refractivity (Wildman–Crippen MR) is 72.2 cm³/mol. The third-order valence-electron chi connectivity index (χ3n) is 3.79. The Kier molecular flexibility index (Phi) is 4.98. The van der Waals surface area contributed by atoms with Crippen molar-refractivity contribution in [2.45, 2.75) is 32.9 Å². The lowest BCUT2D eigenvalue weighted by molar-refractivity contribution is 0.157. The summed E-state index contributed by atoms with van der Waals surface area (Å²) < 4.78 is 1.94. The summed E-state index contributed by atoms with van der Waals surface area (Å²) >= 11 is 0. The van der Waals surface area contributed by atoms with Gasteiger partial charge in [0.1, 0.15) is 0 Å². The van der Waals surface area contributed by atoms with Crippen LogP contribution >= 0.6 is 12.4 Å². The molecule has 5 heteroatoms. The number of hydrogen-bond acceptors (Lipinski definition) is 3. The summed E-state index contributed by atoms with van der Waals surface area (Å²) in [6, 6.07) is 0.381. The van der Waals surface area contributed by atoms with E-state index >= 15 is 0 Å². The van der Waals surface area contributed by atoms with Gasteiger partial charge in [-0.25, -0.2) is 0 Å². The molecule has 98 valence electrons. The highest BCUT2D eigenvalue weighted by Crippen LogP contribution is 2.18. The lowest BCUT2D eigenvalue weighted by Gasteiger charge is -2.34. The van der Waals surface area contributed by atoms with Crippen LogP contribution < -0.4 is 5.73 Å². The number of aryl methyl sites for hydroxylation is 1. The zero-order chi connectivity index (χ0) is 11.7. The van der Waals surface area contributed by atoms with E-state index in [4.69, 9.17) is 5.73 Å². The first-order valence-electron chi connectivity index (χ1n) is 6.03. The van der Waals surface area contributed by atoms with Gasteiger partial charge in [0.25, 0.3) is 0 Å². The van der Waals surface area contributed by atoms with Crippen molar-refractivity contribution in [2.75, 3.05) is 13.1 Å². The first-order valence-corrected chi connectivity index (χ1v) is 6.03. The average Bonchev–Trinajstić information content (AvgIpc) is 2.55. The normalized spacial score (nSPS) is 25.6. The van der Waals surface area contributed by atoms with Crippen LogP contribution in [0.5, 0.6) is 0 Å². The summed E-state index contributed by atoms with van der Waals surface area (Å²) in [5.74, 6) is 0.603. The average molecular weight is 259 g/mol. The molecule has 2 heterocycles. The molecule has 1 saturated heterocycles. The molecular weight excluding hydrogens is 236 g/mol. The van der Waals surface area contributed by atoms with E-state index in [1.807, 2.05) is 17.9 Å². The highest BCUT2D eigenvalue weighted by molar-refractivity contribution is 5.85. The molecule has 17 heavy (non-hydrogen) atoms. The molecule has 0 radical (unpaired) electrons. The molecule has 1 fully saturated rings. The second kappa shape index (κ2) is 5.85. The van der Waals surface area contributed by atoms with Crippen molar-refractivity contribution < 1.29 is 0 Å². The Balaban J connectivity index is 0.00000144. The molecule has 2 unspecified atom stereocenters. The van der Waals surface area contributed by atoms with Gasteiger partial charge in [0.2, 0.25) is 0 Å². The van der Waals surface area contributed by atoms with Gasteiger partial charge in [-0.1, -0.05) is 6.92 Å². The molecule has 1 aliphatic rings. The van der Waals surface area contributed by atoms with Gasteiger partial charge in [-0.2, -0.15) is 5.10 Å². The minimum Gasteiger partial charge on any atom is -0.327 e. The van der Waals surface area contributed by atoms with Crippen molar-refractivity contribution in [1.82, 2.24) is 14.7 Å². The Morgan fingerprint density at radius 2 is 2.24 bits per heavy atom. The van der Waals surface area contributed by atoms with E-state index in [2.05, 4.69) is 23.8 Å². The number of likely N-dealkylation sites (tertiary alicyclic amines) is 1. The number of halogens is 1. The standard InChI is InChI=1S/C12H22N4.ClH/c1-9-7-16(5-4-12(9)13)8-11-6-14-15(3)10(11)2;/h6,9,12H,4-5,7-8,13H2,1-3H3;1H. The van der Waals surface area contributed by atoms with Crippen LogP contribution in [0.15, 0.2) is 6.20 Å². The Morgan fingerprint density at radius 1 is 1.53 bits per heavy atom. The van der Waals surface area contributed by atoms with Gasteiger partial charge in [0.15, 0.2) is 0 Å². The second-order valence-electron chi connectivity index (χ2n) is 5.04. The van der Waals surface area contributed by atoms with Crippen LogP contribution in [-0.2, 0) is 13.6 Å². The number of nitrogens with two attached hydrogens (primary N) is 1. The van der Waals surface area contributed by atoms with E-state index in [9.17, 15) is 0 Å². The maximum atomic E-state index is 6.02. The first-order chi connectivity index (χ1) is 7.58. The summed E-state index contributed by atoms with van der Waals surface area (Å²) in [6.45, 7) is 7.60. The fraction of sp³-hybridized carbons (Fsp3) is 0.750. The van der Waals surface area contributed by atoms with E-state index in [0.717, 1.165) is 26.1 Å². The molecule has 0 amide bonds. The maximum absolute atomic E-state index is 6.02. The molecule has 0 spiro atoms. The molecule has 0 aromatic carbocycles. The molecule has 2 rings (SSSR count). The first kappa shape index (κ1) is 14.5. The van der Waals surface area contributed by atoms with E-state index < -0.39 is 0 Å². The lowest BCUT2D eigenvalue weighted by Crippen LogP contribution is -2.45. The fourth-order valence-electron chi connectivity index (χ4n) is 2.33. The molecule has 1 aromatic heterocycles. The molecule has 2 N–H and O–H groups in total. The highest BCUT2D eigenvalue weighted by Gasteiger charge is 2.23. The minimum atomic E-state index is 0. The SMILES string of the molecule is Cc1c(CN2CCC(N)C(C)C2)cnn1C.Cl. The summed E-state index contributed by atoms with van der Waals surface area (Å²) in [5, 5.41) is 4.28. The van der Waals surface area contributed by atoms with Crippen molar-refractivity contribution in [2.24, 2.45) is 18.7 Å². The van der Waals surface area contributed by atoms with Crippen molar-refractivity contribution in [3.05, 3.63) is 17.5 Å². The van der Waals surface area contributed by atoms with E-state index in [-0.39, 0.29) is 12.4 Å². The van der Waals surface area contributed by atoms with Gasteiger partial charge in [0, 0.05) is 37.4 Å². The summed E-state index contributed by atoms with van der Waals surface area (Å²) in [5.41, 5.74) is 8.63. The Morgan fingerprint density at radius 3 is 2.76 bits per heavy atom. The smallest absolute Gasteiger partial charge is 0.0537 e. The van der Waals surface area contributed by atoms with Gasteiger partial charge < -0.3 is 5.73 Å². The molecule has 0 saturated carbocycles. The number of hydrogen-bond donors (Lipinski definition) is 1. The van der Waals surface area contributed by atoms with Crippen LogP contribution in [0.25, 0.3) is 0 Å². The van der Waals surface area contributed by atoms with Gasteiger partial charge >= 0.3 is 0 Å². The lowest BCUT2D eigenvalue weighted by atomic mass is 9.94. The quantitative estimate of drug-likeness (QED) is 0.871. The van der Waals surface area contributed by atoms with Gasteiger partial charge in [-0.05, 0) is 25.8 Å². The minimum absolute atomic E-state index is 0. The van der Waals surface area contributed by atoms with E-state index in [1.165, 1.54) is 11.3 Å². The van der Waals surface area contributed by atoms with Crippen molar-refractivity contribution >= 4 is 12.4 Å².